The summed E-state index contributed by atoms with van der Waals surface area (Å²) in [5, 5.41) is 2.91. The topological polar surface area (TPSA) is 58.6 Å². The highest BCUT2D eigenvalue weighted by atomic mass is 32.1. The monoisotopic (exact) mass is 358 g/mol. The molecule has 2 aromatic rings. The number of thiophene rings is 1. The number of carbonyl (C=O) groups excluding carboxylic acids is 2. The fraction of sp³-hybridized carbons (Fsp3) is 0.368. The molecule has 0 bridgehead atoms. The molecule has 0 fully saturated rings. The maximum atomic E-state index is 12.6. The van der Waals surface area contributed by atoms with Crippen LogP contribution in [0.5, 0.6) is 0 Å². The van der Waals surface area contributed by atoms with E-state index in [0.717, 1.165) is 23.3 Å². The molecule has 25 heavy (non-hydrogen) atoms. The molecular formula is C19H22N2O3S. The number of methoxy groups -OCH3 is 1. The summed E-state index contributed by atoms with van der Waals surface area (Å²) in [6, 6.07) is 11.3. The van der Waals surface area contributed by atoms with E-state index in [9.17, 15) is 9.59 Å². The molecular weight excluding hydrogens is 336 g/mol. The molecule has 1 aromatic heterocycles. The van der Waals surface area contributed by atoms with Gasteiger partial charge >= 0.3 is 0 Å². The lowest BCUT2D eigenvalue weighted by Crippen LogP contribution is -2.35. The van der Waals surface area contributed by atoms with E-state index < -0.39 is 0 Å². The van der Waals surface area contributed by atoms with Gasteiger partial charge in [0.05, 0.1) is 4.88 Å². The van der Waals surface area contributed by atoms with Gasteiger partial charge in [-0.25, -0.2) is 0 Å². The second-order valence-electron chi connectivity index (χ2n) is 6.00. The van der Waals surface area contributed by atoms with Crippen LogP contribution in [0.25, 0.3) is 0 Å². The third-order valence-electron chi connectivity index (χ3n) is 4.21. The van der Waals surface area contributed by atoms with Gasteiger partial charge in [0.1, 0.15) is 0 Å². The molecule has 0 atom stereocenters. The number of carbonyl (C=O) groups is 2. The van der Waals surface area contributed by atoms with Crippen molar-refractivity contribution >= 4 is 23.2 Å². The Labute approximate surface area is 151 Å². The molecule has 0 aliphatic carbocycles. The molecule has 0 saturated carbocycles. The quantitative estimate of drug-likeness (QED) is 0.808. The number of fused-ring (bicyclic) bond motifs is 1. The zero-order valence-electron chi connectivity index (χ0n) is 14.3. The van der Waals surface area contributed by atoms with Crippen LogP contribution in [-0.4, -0.2) is 43.5 Å². The molecule has 2 heterocycles. The Morgan fingerprint density at radius 2 is 2.08 bits per heavy atom. The van der Waals surface area contributed by atoms with Gasteiger partial charge in [-0.2, -0.15) is 0 Å². The number of benzene rings is 1. The Morgan fingerprint density at radius 1 is 1.28 bits per heavy atom. The van der Waals surface area contributed by atoms with Crippen molar-refractivity contribution in [3.8, 4) is 0 Å². The van der Waals surface area contributed by atoms with Crippen molar-refractivity contribution in [1.29, 1.82) is 0 Å². The Kier molecular flexibility index (Phi) is 5.83. The van der Waals surface area contributed by atoms with Crippen LogP contribution >= 0.6 is 11.3 Å². The third kappa shape index (κ3) is 4.27. The van der Waals surface area contributed by atoms with Crippen LogP contribution in [0.15, 0.2) is 36.4 Å². The molecule has 1 N–H and O–H groups in total. The lowest BCUT2D eigenvalue weighted by Gasteiger charge is -2.27. The van der Waals surface area contributed by atoms with Gasteiger partial charge < -0.3 is 15.0 Å². The summed E-state index contributed by atoms with van der Waals surface area (Å²) in [4.78, 5) is 28.6. The van der Waals surface area contributed by atoms with Crippen molar-refractivity contribution in [3.05, 3.63) is 57.3 Å². The van der Waals surface area contributed by atoms with Crippen LogP contribution in [0.4, 0.5) is 0 Å². The Bertz CT molecular complexity index is 742. The van der Waals surface area contributed by atoms with E-state index in [1.54, 1.807) is 7.11 Å². The molecule has 1 aromatic carbocycles. The average Bonchev–Trinajstić information content (AvgIpc) is 3.08. The predicted molar refractivity (Wildman–Crippen MR) is 98.0 cm³/mol. The normalized spacial score (nSPS) is 13.4. The van der Waals surface area contributed by atoms with Gasteiger partial charge in [-0.15, -0.1) is 11.3 Å². The highest BCUT2D eigenvalue weighted by Crippen LogP contribution is 2.28. The third-order valence-corrected chi connectivity index (χ3v) is 5.45. The number of rotatable bonds is 6. The van der Waals surface area contributed by atoms with Gasteiger partial charge in [0.2, 0.25) is 0 Å². The molecule has 6 heteroatoms. The van der Waals surface area contributed by atoms with Crippen LogP contribution in [0, 0.1) is 0 Å². The second-order valence-corrected chi connectivity index (χ2v) is 7.14. The molecule has 0 saturated heterocycles. The van der Waals surface area contributed by atoms with E-state index in [2.05, 4.69) is 5.32 Å². The van der Waals surface area contributed by atoms with Crippen molar-refractivity contribution < 1.29 is 14.3 Å². The Hall–Kier alpha value is -2.18. The van der Waals surface area contributed by atoms with E-state index >= 15 is 0 Å². The number of amides is 2. The van der Waals surface area contributed by atoms with Crippen molar-refractivity contribution in [2.45, 2.75) is 19.4 Å². The van der Waals surface area contributed by atoms with Crippen molar-refractivity contribution in [1.82, 2.24) is 10.2 Å². The number of nitrogens with zero attached hydrogens (tertiary/aromatic N) is 1. The number of hydrogen-bond acceptors (Lipinski definition) is 4. The average molecular weight is 358 g/mol. The first-order valence-electron chi connectivity index (χ1n) is 8.42. The summed E-state index contributed by atoms with van der Waals surface area (Å²) in [5.74, 6) is -0.000504. The number of nitrogens with one attached hydrogen (secondary N) is 1. The summed E-state index contributed by atoms with van der Waals surface area (Å²) >= 11 is 1.54. The van der Waals surface area contributed by atoms with Crippen LogP contribution in [0.3, 0.4) is 0 Å². The summed E-state index contributed by atoms with van der Waals surface area (Å²) in [6.07, 6.45) is 1.60. The maximum absolute atomic E-state index is 12.6. The zero-order valence-corrected chi connectivity index (χ0v) is 15.1. The van der Waals surface area contributed by atoms with Crippen molar-refractivity contribution in [2.24, 2.45) is 0 Å². The SMILES string of the molecule is COCCCNC(=O)c1cc2c(s1)CCN(C(=O)c1ccccc1)C2. The van der Waals surface area contributed by atoms with Gasteiger partial charge in [-0.3, -0.25) is 9.59 Å². The minimum absolute atomic E-state index is 0.0445. The van der Waals surface area contributed by atoms with E-state index in [1.807, 2.05) is 41.3 Å². The first kappa shape index (κ1) is 17.6. The van der Waals surface area contributed by atoms with Gasteiger partial charge in [-0.05, 0) is 36.6 Å². The predicted octanol–water partition coefficient (Wildman–Crippen LogP) is 2.71. The molecule has 1 aliphatic heterocycles. The first-order chi connectivity index (χ1) is 12.2. The summed E-state index contributed by atoms with van der Waals surface area (Å²) in [7, 11) is 1.65. The van der Waals surface area contributed by atoms with Gasteiger partial charge in [0.25, 0.3) is 11.8 Å². The molecule has 3 rings (SSSR count). The smallest absolute Gasteiger partial charge is 0.261 e. The van der Waals surface area contributed by atoms with Crippen molar-refractivity contribution in [3.63, 3.8) is 0 Å². The van der Waals surface area contributed by atoms with Gasteiger partial charge in [0, 0.05) is 43.8 Å². The Balaban J connectivity index is 1.63. The summed E-state index contributed by atoms with van der Waals surface area (Å²) < 4.78 is 4.98. The molecule has 0 spiro atoms. The largest absolute Gasteiger partial charge is 0.385 e. The zero-order chi connectivity index (χ0) is 17.6. The lowest BCUT2D eigenvalue weighted by molar-refractivity contribution is 0.0736. The lowest BCUT2D eigenvalue weighted by atomic mass is 10.1. The van der Waals surface area contributed by atoms with Gasteiger partial charge in [0.15, 0.2) is 0 Å². The molecule has 2 amide bonds. The van der Waals surface area contributed by atoms with E-state index in [1.165, 1.54) is 16.2 Å². The standard InChI is InChI=1S/C19H22N2O3S/c1-24-11-5-9-20-18(22)17-12-15-13-21(10-8-16(15)25-17)19(23)14-6-3-2-4-7-14/h2-4,6-7,12H,5,8-11,13H2,1H3,(H,20,22). The highest BCUT2D eigenvalue weighted by molar-refractivity contribution is 7.14. The molecule has 0 radical (unpaired) electrons. The first-order valence-corrected chi connectivity index (χ1v) is 9.23. The summed E-state index contributed by atoms with van der Waals surface area (Å²) in [6.45, 7) is 2.50. The van der Waals surface area contributed by atoms with E-state index in [4.69, 9.17) is 4.74 Å². The van der Waals surface area contributed by atoms with Crippen molar-refractivity contribution in [2.75, 3.05) is 26.8 Å². The minimum Gasteiger partial charge on any atom is -0.385 e. The molecule has 5 nitrogen and oxygen atoms in total. The maximum Gasteiger partial charge on any atom is 0.261 e. The minimum atomic E-state index is -0.0450. The van der Waals surface area contributed by atoms with Gasteiger partial charge in [-0.1, -0.05) is 18.2 Å². The van der Waals surface area contributed by atoms with E-state index in [0.29, 0.717) is 31.8 Å². The molecule has 1 aliphatic rings. The van der Waals surface area contributed by atoms with Crippen LogP contribution in [0.2, 0.25) is 0 Å². The second kappa shape index (κ2) is 8.27. The fourth-order valence-electron chi connectivity index (χ4n) is 2.89. The van der Waals surface area contributed by atoms with Crippen LogP contribution in [-0.2, 0) is 17.7 Å². The summed E-state index contributed by atoms with van der Waals surface area (Å²) in [5.41, 5.74) is 1.79. The number of ether oxygens (including phenoxy) is 1. The molecule has 132 valence electrons. The fourth-order valence-corrected chi connectivity index (χ4v) is 3.97. The van der Waals surface area contributed by atoms with E-state index in [-0.39, 0.29) is 11.8 Å². The van der Waals surface area contributed by atoms with Crippen LogP contribution < -0.4 is 5.32 Å². The highest BCUT2D eigenvalue weighted by Gasteiger charge is 2.24. The van der Waals surface area contributed by atoms with Crippen LogP contribution in [0.1, 0.15) is 36.9 Å². The molecule has 0 unspecified atom stereocenters. The Morgan fingerprint density at radius 3 is 2.84 bits per heavy atom. The number of hydrogen-bond donors (Lipinski definition) is 1.